The van der Waals surface area contributed by atoms with Gasteiger partial charge in [-0.25, -0.2) is 0 Å². The van der Waals surface area contributed by atoms with Crippen LogP contribution >= 0.6 is 0 Å². The molecule has 0 bridgehead atoms. The Morgan fingerprint density at radius 3 is 3.00 bits per heavy atom. The third kappa shape index (κ3) is 3.07. The highest BCUT2D eigenvalue weighted by Gasteiger charge is 2.21. The Labute approximate surface area is 131 Å². The Hall–Kier alpha value is -2.07. The van der Waals surface area contributed by atoms with Crippen molar-refractivity contribution in [3.05, 3.63) is 42.0 Å². The second-order valence-corrected chi connectivity index (χ2v) is 5.88. The van der Waals surface area contributed by atoms with Crippen LogP contribution < -0.4 is 10.1 Å². The third-order valence-corrected chi connectivity index (χ3v) is 4.24. The highest BCUT2D eigenvalue weighted by molar-refractivity contribution is 5.91. The van der Waals surface area contributed by atoms with E-state index in [-0.39, 0.29) is 5.91 Å². The Kier molecular flexibility index (Phi) is 4.29. The van der Waals surface area contributed by atoms with E-state index < -0.39 is 0 Å². The Bertz CT molecular complexity index is 684. The first-order chi connectivity index (χ1) is 10.7. The van der Waals surface area contributed by atoms with Gasteiger partial charge >= 0.3 is 0 Å². The highest BCUT2D eigenvalue weighted by atomic mass is 16.5. The topological polar surface area (TPSA) is 41.6 Å². The fraction of sp³-hybridized carbons (Fsp3) is 0.389. The predicted molar refractivity (Wildman–Crippen MR) is 88.2 cm³/mol. The zero-order chi connectivity index (χ0) is 15.5. The predicted octanol–water partition coefficient (Wildman–Crippen LogP) is 2.21. The molecule has 1 aliphatic rings. The summed E-state index contributed by atoms with van der Waals surface area (Å²) in [5.41, 5.74) is 1.06. The Morgan fingerprint density at radius 1 is 1.36 bits per heavy atom. The van der Waals surface area contributed by atoms with Crippen molar-refractivity contribution in [3.8, 4) is 5.75 Å². The Balaban J connectivity index is 1.85. The number of carbonyl (C=O) groups is 1. The molecule has 1 saturated heterocycles. The molecule has 0 aliphatic carbocycles. The molecule has 0 radical (unpaired) electrons. The molecule has 4 nitrogen and oxygen atoms in total. The number of hydrogen-bond donors (Lipinski definition) is 1. The summed E-state index contributed by atoms with van der Waals surface area (Å²) in [5.74, 6) is 1.02. The molecular weight excluding hydrogens is 276 g/mol. The van der Waals surface area contributed by atoms with Gasteiger partial charge in [0.1, 0.15) is 5.75 Å². The third-order valence-electron chi connectivity index (χ3n) is 4.24. The molecule has 1 N–H and O–H groups in total. The van der Waals surface area contributed by atoms with Gasteiger partial charge in [-0.05, 0) is 35.4 Å². The quantitative estimate of drug-likeness (QED) is 0.944. The first kappa shape index (κ1) is 14.9. The van der Waals surface area contributed by atoms with Gasteiger partial charge in [0.2, 0.25) is 5.91 Å². The van der Waals surface area contributed by atoms with E-state index in [1.54, 1.807) is 7.11 Å². The number of amides is 1. The van der Waals surface area contributed by atoms with E-state index >= 15 is 0 Å². The molecule has 1 heterocycles. The van der Waals surface area contributed by atoms with Crippen LogP contribution in [0.3, 0.4) is 0 Å². The number of rotatable bonds is 3. The lowest BCUT2D eigenvalue weighted by Crippen LogP contribution is -2.51. The molecule has 1 amide bonds. The fourth-order valence-corrected chi connectivity index (χ4v) is 3.03. The molecular formula is C18H22N2O2. The van der Waals surface area contributed by atoms with Crippen molar-refractivity contribution in [1.29, 1.82) is 0 Å². The zero-order valence-corrected chi connectivity index (χ0v) is 13.1. The second kappa shape index (κ2) is 6.36. The number of benzene rings is 2. The number of methoxy groups -OCH3 is 1. The smallest absolute Gasteiger partial charge is 0.227 e. The maximum absolute atomic E-state index is 12.6. The molecule has 22 heavy (non-hydrogen) atoms. The summed E-state index contributed by atoms with van der Waals surface area (Å²) in [4.78, 5) is 14.5. The van der Waals surface area contributed by atoms with Crippen molar-refractivity contribution in [1.82, 2.24) is 10.2 Å². The SMILES string of the molecule is COc1ccc2cccc(CC(=O)N3CCN[C@H](C)C3)c2c1. The van der Waals surface area contributed by atoms with Crippen LogP contribution in [0.1, 0.15) is 12.5 Å². The van der Waals surface area contributed by atoms with Crippen molar-refractivity contribution in [3.63, 3.8) is 0 Å². The van der Waals surface area contributed by atoms with Crippen LogP contribution in [0, 0.1) is 0 Å². The maximum Gasteiger partial charge on any atom is 0.227 e. The molecule has 116 valence electrons. The van der Waals surface area contributed by atoms with Crippen LogP contribution in [-0.2, 0) is 11.2 Å². The minimum atomic E-state index is 0.198. The average molecular weight is 298 g/mol. The van der Waals surface area contributed by atoms with Gasteiger partial charge in [0.05, 0.1) is 13.5 Å². The van der Waals surface area contributed by atoms with Crippen LogP contribution in [-0.4, -0.2) is 43.6 Å². The molecule has 0 spiro atoms. The lowest BCUT2D eigenvalue weighted by molar-refractivity contribution is -0.131. The van der Waals surface area contributed by atoms with Gasteiger partial charge < -0.3 is 15.0 Å². The van der Waals surface area contributed by atoms with Gasteiger partial charge in [0.25, 0.3) is 0 Å². The number of fused-ring (bicyclic) bond motifs is 1. The average Bonchev–Trinajstić information content (AvgIpc) is 2.54. The summed E-state index contributed by atoms with van der Waals surface area (Å²) in [6, 6.07) is 12.5. The van der Waals surface area contributed by atoms with E-state index in [1.807, 2.05) is 35.2 Å². The van der Waals surface area contributed by atoms with E-state index in [4.69, 9.17) is 4.74 Å². The van der Waals surface area contributed by atoms with Crippen molar-refractivity contribution in [2.24, 2.45) is 0 Å². The molecule has 1 aliphatic heterocycles. The van der Waals surface area contributed by atoms with Gasteiger partial charge in [-0.15, -0.1) is 0 Å². The molecule has 0 saturated carbocycles. The van der Waals surface area contributed by atoms with Crippen LogP contribution in [0.25, 0.3) is 10.8 Å². The normalized spacial score (nSPS) is 18.5. The van der Waals surface area contributed by atoms with Crippen molar-refractivity contribution in [2.75, 3.05) is 26.7 Å². The van der Waals surface area contributed by atoms with Gasteiger partial charge in [-0.3, -0.25) is 4.79 Å². The summed E-state index contributed by atoms with van der Waals surface area (Å²) < 4.78 is 5.31. The summed E-state index contributed by atoms with van der Waals surface area (Å²) in [6.07, 6.45) is 0.442. The summed E-state index contributed by atoms with van der Waals surface area (Å²) in [6.45, 7) is 4.56. The number of carbonyl (C=O) groups excluding carboxylic acids is 1. The second-order valence-electron chi connectivity index (χ2n) is 5.88. The van der Waals surface area contributed by atoms with Gasteiger partial charge in [0, 0.05) is 25.7 Å². The number of nitrogens with zero attached hydrogens (tertiary/aromatic N) is 1. The van der Waals surface area contributed by atoms with Crippen LogP contribution in [0.5, 0.6) is 5.75 Å². The minimum Gasteiger partial charge on any atom is -0.497 e. The first-order valence-corrected chi connectivity index (χ1v) is 7.74. The summed E-state index contributed by atoms with van der Waals surface area (Å²) >= 11 is 0. The molecule has 4 heteroatoms. The largest absolute Gasteiger partial charge is 0.497 e. The minimum absolute atomic E-state index is 0.198. The molecule has 3 rings (SSSR count). The van der Waals surface area contributed by atoms with Crippen molar-refractivity contribution >= 4 is 16.7 Å². The summed E-state index contributed by atoms with van der Waals surface area (Å²) in [7, 11) is 1.66. The van der Waals surface area contributed by atoms with E-state index in [0.29, 0.717) is 12.5 Å². The van der Waals surface area contributed by atoms with Crippen LogP contribution in [0.2, 0.25) is 0 Å². The standard InChI is InChI=1S/C18H22N2O2/c1-13-12-20(9-8-19-13)18(21)10-15-5-3-4-14-6-7-16(22-2)11-17(14)15/h3-7,11,13,19H,8-10,12H2,1-2H3/t13-/m1/s1. The molecule has 0 unspecified atom stereocenters. The Morgan fingerprint density at radius 2 is 2.23 bits per heavy atom. The van der Waals surface area contributed by atoms with Crippen LogP contribution in [0.4, 0.5) is 0 Å². The first-order valence-electron chi connectivity index (χ1n) is 7.74. The number of nitrogens with one attached hydrogen (secondary N) is 1. The molecule has 0 aromatic heterocycles. The van der Waals surface area contributed by atoms with E-state index in [1.165, 1.54) is 0 Å². The molecule has 1 fully saturated rings. The molecule has 2 aromatic carbocycles. The highest BCUT2D eigenvalue weighted by Crippen LogP contribution is 2.24. The number of ether oxygens (including phenoxy) is 1. The van der Waals surface area contributed by atoms with Gasteiger partial charge in [-0.1, -0.05) is 24.3 Å². The van der Waals surface area contributed by atoms with Crippen molar-refractivity contribution < 1.29 is 9.53 Å². The maximum atomic E-state index is 12.6. The monoisotopic (exact) mass is 298 g/mol. The van der Waals surface area contributed by atoms with E-state index in [0.717, 1.165) is 41.7 Å². The zero-order valence-electron chi connectivity index (χ0n) is 13.1. The van der Waals surface area contributed by atoms with E-state index in [9.17, 15) is 4.79 Å². The molecule has 1 atom stereocenters. The van der Waals surface area contributed by atoms with Gasteiger partial charge in [0.15, 0.2) is 0 Å². The number of hydrogen-bond acceptors (Lipinski definition) is 3. The number of piperazine rings is 1. The van der Waals surface area contributed by atoms with Crippen molar-refractivity contribution in [2.45, 2.75) is 19.4 Å². The molecule has 2 aromatic rings. The van der Waals surface area contributed by atoms with Gasteiger partial charge in [-0.2, -0.15) is 0 Å². The fourth-order valence-electron chi connectivity index (χ4n) is 3.03. The lowest BCUT2D eigenvalue weighted by Gasteiger charge is -2.32. The summed E-state index contributed by atoms with van der Waals surface area (Å²) in [5, 5.41) is 5.60. The van der Waals surface area contributed by atoms with Crippen LogP contribution in [0.15, 0.2) is 36.4 Å². The van der Waals surface area contributed by atoms with E-state index in [2.05, 4.69) is 18.3 Å². The lowest BCUT2D eigenvalue weighted by atomic mass is 10.0.